The van der Waals surface area contributed by atoms with E-state index in [9.17, 15) is 9.59 Å². The van der Waals surface area contributed by atoms with Crippen molar-refractivity contribution in [3.63, 3.8) is 0 Å². The number of rotatable bonds is 7. The van der Waals surface area contributed by atoms with Crippen LogP contribution in [0.1, 0.15) is 60.8 Å². The number of hydrogen-bond donors (Lipinski definition) is 1. The van der Waals surface area contributed by atoms with Crippen LogP contribution in [0.25, 0.3) is 0 Å². The summed E-state index contributed by atoms with van der Waals surface area (Å²) >= 11 is 0. The largest absolute Gasteiger partial charge is 0.467 e. The van der Waals surface area contributed by atoms with Gasteiger partial charge in [-0.25, -0.2) is 4.79 Å². The lowest BCUT2D eigenvalue weighted by atomic mass is 10.0. The zero-order valence-corrected chi connectivity index (χ0v) is 13.6. The second-order valence-electron chi connectivity index (χ2n) is 5.21. The molecule has 0 radical (unpaired) electrons. The zero-order valence-electron chi connectivity index (χ0n) is 13.6. The third kappa shape index (κ3) is 11.7. The van der Waals surface area contributed by atoms with Gasteiger partial charge in [-0.2, -0.15) is 0 Å². The number of carbonyl (C=O) groups is 2. The Hall–Kier alpha value is -1.06. The summed E-state index contributed by atoms with van der Waals surface area (Å²) in [5.41, 5.74) is 0. The van der Waals surface area contributed by atoms with Crippen molar-refractivity contribution in [1.29, 1.82) is 0 Å². The van der Waals surface area contributed by atoms with Crippen LogP contribution >= 0.6 is 0 Å². The molecule has 1 atom stereocenters. The van der Waals surface area contributed by atoms with Crippen LogP contribution in [0, 0.1) is 11.8 Å². The fourth-order valence-electron chi connectivity index (χ4n) is 1.51. The minimum Gasteiger partial charge on any atom is -0.467 e. The van der Waals surface area contributed by atoms with E-state index in [-0.39, 0.29) is 11.9 Å². The van der Waals surface area contributed by atoms with Gasteiger partial charge in [-0.1, -0.05) is 41.5 Å². The summed E-state index contributed by atoms with van der Waals surface area (Å²) in [7, 11) is 1.34. The van der Waals surface area contributed by atoms with Crippen molar-refractivity contribution in [3.05, 3.63) is 0 Å². The highest BCUT2D eigenvalue weighted by Gasteiger charge is 2.22. The summed E-state index contributed by atoms with van der Waals surface area (Å²) in [6.45, 7) is 12.2. The Bertz CT molecular complexity index is 250. The summed E-state index contributed by atoms with van der Waals surface area (Å²) in [4.78, 5) is 23.1. The average Bonchev–Trinajstić information content (AvgIpc) is 2.36. The Balaban J connectivity index is 0. The third-order valence-electron chi connectivity index (χ3n) is 2.48. The van der Waals surface area contributed by atoms with Crippen molar-refractivity contribution in [2.75, 3.05) is 7.11 Å². The van der Waals surface area contributed by atoms with Gasteiger partial charge in [0.05, 0.1) is 7.11 Å². The van der Waals surface area contributed by atoms with Gasteiger partial charge in [-0.15, -0.1) is 0 Å². The molecule has 0 fully saturated rings. The highest BCUT2D eigenvalue weighted by Crippen LogP contribution is 2.08. The molecule has 0 saturated heterocycles. The van der Waals surface area contributed by atoms with E-state index >= 15 is 0 Å². The first-order valence-corrected chi connectivity index (χ1v) is 7.24. The van der Waals surface area contributed by atoms with Crippen LogP contribution in [0.2, 0.25) is 0 Å². The molecule has 0 bridgehead atoms. The number of hydrogen-bond acceptors (Lipinski definition) is 3. The molecule has 0 saturated carbocycles. The fourth-order valence-corrected chi connectivity index (χ4v) is 1.51. The predicted molar refractivity (Wildman–Crippen MR) is 78.8 cm³/mol. The highest BCUT2D eigenvalue weighted by molar-refractivity contribution is 5.84. The van der Waals surface area contributed by atoms with Crippen molar-refractivity contribution < 1.29 is 14.3 Å². The van der Waals surface area contributed by atoms with Crippen molar-refractivity contribution >= 4 is 11.9 Å². The van der Waals surface area contributed by atoms with E-state index in [0.717, 1.165) is 6.42 Å². The second-order valence-corrected chi connectivity index (χ2v) is 5.21. The van der Waals surface area contributed by atoms with Crippen LogP contribution in [-0.4, -0.2) is 25.0 Å². The molecule has 0 aromatic carbocycles. The van der Waals surface area contributed by atoms with Gasteiger partial charge >= 0.3 is 5.97 Å². The molecule has 0 spiro atoms. The predicted octanol–water partition coefficient (Wildman–Crippen LogP) is 3.15. The summed E-state index contributed by atoms with van der Waals surface area (Å²) in [6, 6.07) is -0.514. The molecule has 4 nitrogen and oxygen atoms in total. The quantitative estimate of drug-likeness (QED) is 0.725. The molecule has 114 valence electrons. The first-order valence-electron chi connectivity index (χ1n) is 7.24. The fraction of sp³-hybridized carbons (Fsp3) is 0.867. The Labute approximate surface area is 118 Å². The standard InChI is InChI=1S/C13H25NO3.C2H6/c1-9(2)6-7-12(15)14-11(8-10(3)4)13(16)17-5;1-2/h9-11H,6-8H2,1-5H3,(H,14,15);1-2H3. The molecule has 0 aromatic rings. The summed E-state index contributed by atoms with van der Waals surface area (Å²) in [5, 5.41) is 2.74. The van der Waals surface area contributed by atoms with Crippen LogP contribution in [0.15, 0.2) is 0 Å². The van der Waals surface area contributed by atoms with E-state index in [1.54, 1.807) is 0 Å². The Morgan fingerprint density at radius 3 is 1.95 bits per heavy atom. The molecule has 0 aromatic heterocycles. The number of carbonyl (C=O) groups excluding carboxylic acids is 2. The maximum absolute atomic E-state index is 11.6. The monoisotopic (exact) mass is 273 g/mol. The minimum absolute atomic E-state index is 0.0743. The van der Waals surface area contributed by atoms with Gasteiger partial charge in [0.15, 0.2) is 0 Å². The zero-order chi connectivity index (χ0) is 15.4. The molecular formula is C15H31NO3. The van der Waals surface area contributed by atoms with Crippen molar-refractivity contribution in [2.24, 2.45) is 11.8 Å². The molecule has 1 unspecified atom stereocenters. The minimum atomic E-state index is -0.514. The number of amides is 1. The number of esters is 1. The Kier molecular flexibility index (Phi) is 12.8. The summed E-state index contributed by atoms with van der Waals surface area (Å²) in [5.74, 6) is 0.387. The van der Waals surface area contributed by atoms with Crippen LogP contribution < -0.4 is 5.32 Å². The van der Waals surface area contributed by atoms with Gasteiger partial charge in [-0.05, 0) is 24.7 Å². The van der Waals surface area contributed by atoms with Gasteiger partial charge in [-0.3, -0.25) is 4.79 Å². The lowest BCUT2D eigenvalue weighted by molar-refractivity contribution is -0.145. The first-order chi connectivity index (χ1) is 8.86. The molecule has 0 rings (SSSR count). The molecule has 4 heteroatoms. The number of methoxy groups -OCH3 is 1. The smallest absolute Gasteiger partial charge is 0.328 e. The van der Waals surface area contributed by atoms with Gasteiger partial charge in [0.1, 0.15) is 6.04 Å². The molecule has 1 amide bonds. The summed E-state index contributed by atoms with van der Waals surface area (Å²) < 4.78 is 4.69. The molecule has 0 aliphatic carbocycles. The van der Waals surface area contributed by atoms with Gasteiger partial charge < -0.3 is 10.1 Å². The van der Waals surface area contributed by atoms with Crippen LogP contribution in [0.4, 0.5) is 0 Å². The first kappa shape index (κ1) is 20.3. The van der Waals surface area contributed by atoms with Crippen LogP contribution in [0.3, 0.4) is 0 Å². The maximum Gasteiger partial charge on any atom is 0.328 e. The average molecular weight is 273 g/mol. The topological polar surface area (TPSA) is 55.4 Å². The molecular weight excluding hydrogens is 242 g/mol. The molecule has 0 aliphatic heterocycles. The molecule has 0 heterocycles. The van der Waals surface area contributed by atoms with E-state index in [2.05, 4.69) is 23.9 Å². The highest BCUT2D eigenvalue weighted by atomic mass is 16.5. The van der Waals surface area contributed by atoms with E-state index in [1.165, 1.54) is 7.11 Å². The van der Waals surface area contributed by atoms with E-state index < -0.39 is 6.04 Å². The Morgan fingerprint density at radius 1 is 1.05 bits per heavy atom. The molecule has 19 heavy (non-hydrogen) atoms. The molecule has 0 aliphatic rings. The van der Waals surface area contributed by atoms with Crippen LogP contribution in [-0.2, 0) is 14.3 Å². The van der Waals surface area contributed by atoms with E-state index in [0.29, 0.717) is 24.7 Å². The van der Waals surface area contributed by atoms with Crippen molar-refractivity contribution in [3.8, 4) is 0 Å². The normalized spacial score (nSPS) is 11.6. The maximum atomic E-state index is 11.6. The number of nitrogens with one attached hydrogen (secondary N) is 1. The second kappa shape index (κ2) is 12.0. The van der Waals surface area contributed by atoms with E-state index in [4.69, 9.17) is 0 Å². The SMILES string of the molecule is CC.COC(=O)C(CC(C)C)NC(=O)CCC(C)C. The van der Waals surface area contributed by atoms with Gasteiger partial charge in [0.25, 0.3) is 0 Å². The van der Waals surface area contributed by atoms with Gasteiger partial charge in [0, 0.05) is 6.42 Å². The lowest BCUT2D eigenvalue weighted by Crippen LogP contribution is -2.42. The van der Waals surface area contributed by atoms with E-state index in [1.807, 2.05) is 27.7 Å². The lowest BCUT2D eigenvalue weighted by Gasteiger charge is -2.18. The number of ether oxygens (including phenoxy) is 1. The van der Waals surface area contributed by atoms with Crippen LogP contribution in [0.5, 0.6) is 0 Å². The third-order valence-corrected chi connectivity index (χ3v) is 2.48. The van der Waals surface area contributed by atoms with Gasteiger partial charge in [0.2, 0.25) is 5.91 Å². The summed E-state index contributed by atoms with van der Waals surface area (Å²) in [6.07, 6.45) is 1.91. The van der Waals surface area contributed by atoms with Crippen molar-refractivity contribution in [1.82, 2.24) is 5.32 Å². The van der Waals surface area contributed by atoms with Crippen molar-refractivity contribution in [2.45, 2.75) is 66.8 Å². The Morgan fingerprint density at radius 2 is 1.58 bits per heavy atom. The molecule has 1 N–H and O–H groups in total.